The molecule has 0 fully saturated rings. The van der Waals surface area contributed by atoms with E-state index in [1.807, 2.05) is 12.1 Å². The molecular formula is C47H45N2P2Ru+7. The fourth-order valence-electron chi connectivity index (χ4n) is 6.02. The van der Waals surface area contributed by atoms with Gasteiger partial charge in [0.1, 0.15) is 0 Å². The molecule has 0 unspecified atom stereocenters. The number of hydrogen-bond acceptors (Lipinski definition) is 2. The Balaban J connectivity index is 0.000000413. The summed E-state index contributed by atoms with van der Waals surface area (Å²) in [5, 5.41) is 4.81. The zero-order chi connectivity index (χ0) is 35.4. The molecule has 7 rings (SSSR count). The summed E-state index contributed by atoms with van der Waals surface area (Å²) in [6, 6.07) is 72.7. The minimum Gasteiger partial charge on any atom is -0.289 e. The summed E-state index contributed by atoms with van der Waals surface area (Å²) >= 11 is 0. The van der Waals surface area contributed by atoms with Crippen molar-refractivity contribution in [1.29, 1.82) is 0 Å². The van der Waals surface area contributed by atoms with E-state index in [1.165, 1.54) is 32.3 Å². The van der Waals surface area contributed by atoms with Gasteiger partial charge in [0, 0.05) is 0 Å². The molecule has 0 heterocycles. The maximum atomic E-state index is 5.73. The Labute approximate surface area is 323 Å². The van der Waals surface area contributed by atoms with E-state index < -0.39 is 14.1 Å². The van der Waals surface area contributed by atoms with Gasteiger partial charge in [0.2, 0.25) is 0 Å². The van der Waals surface area contributed by atoms with Crippen LogP contribution < -0.4 is 21.2 Å². The van der Waals surface area contributed by atoms with E-state index in [0.29, 0.717) is 5.92 Å². The first-order valence-corrected chi connectivity index (χ1v) is 21.1. The van der Waals surface area contributed by atoms with Crippen molar-refractivity contribution in [2.75, 3.05) is 0 Å². The SMILES string of the molecule is Cc1ccc(C(C)C)cc1.[Ru+8].c1ccc(N=P([CH-]P(=Nc2ccccc2)(c2ccccc2)c2ccccc2)(c2ccccc2)c2ccccc2)cc1. The molecule has 0 aliphatic rings. The van der Waals surface area contributed by atoms with Crippen molar-refractivity contribution in [3.63, 3.8) is 0 Å². The second kappa shape index (κ2) is 18.9. The first-order valence-electron chi connectivity index (χ1n) is 17.5. The molecule has 0 aliphatic carbocycles. The smallest absolute Gasteiger partial charge is 0.289 e. The molecule has 0 radical (unpaired) electrons. The van der Waals surface area contributed by atoms with Crippen molar-refractivity contribution in [3.05, 3.63) is 223 Å². The molecule has 52 heavy (non-hydrogen) atoms. The molecule has 7 aromatic carbocycles. The molecule has 0 saturated carbocycles. The zero-order valence-electron chi connectivity index (χ0n) is 29.9. The summed E-state index contributed by atoms with van der Waals surface area (Å²) in [5.41, 5.74) is 4.68. The molecule has 0 amide bonds. The van der Waals surface area contributed by atoms with E-state index >= 15 is 0 Å². The number of benzene rings is 7. The molecule has 2 nitrogen and oxygen atoms in total. The monoisotopic (exact) mass is 801 g/mol. The summed E-state index contributed by atoms with van der Waals surface area (Å²) in [7, 11) is -5.11. The molecule has 7 aromatic rings. The van der Waals surface area contributed by atoms with Crippen molar-refractivity contribution in [2.45, 2.75) is 26.7 Å². The van der Waals surface area contributed by atoms with Gasteiger partial charge in [0.15, 0.2) is 0 Å². The van der Waals surface area contributed by atoms with Crippen molar-refractivity contribution in [3.8, 4) is 0 Å². The van der Waals surface area contributed by atoms with Crippen LogP contribution in [0.25, 0.3) is 0 Å². The van der Waals surface area contributed by atoms with Crippen LogP contribution in [0.3, 0.4) is 0 Å². The van der Waals surface area contributed by atoms with Gasteiger partial charge in [-0.15, -0.1) is 0 Å². The first-order chi connectivity index (χ1) is 25.0. The fourth-order valence-corrected chi connectivity index (χ4v) is 15.1. The zero-order valence-corrected chi connectivity index (χ0v) is 33.5. The van der Waals surface area contributed by atoms with Crippen LogP contribution in [0.4, 0.5) is 11.4 Å². The van der Waals surface area contributed by atoms with Crippen molar-refractivity contribution in [2.24, 2.45) is 9.49 Å². The van der Waals surface area contributed by atoms with Crippen LogP contribution >= 0.6 is 14.1 Å². The van der Waals surface area contributed by atoms with E-state index in [9.17, 15) is 0 Å². The van der Waals surface area contributed by atoms with Crippen molar-refractivity contribution >= 4 is 46.7 Å². The van der Waals surface area contributed by atoms with Crippen LogP contribution in [0, 0.1) is 12.8 Å². The number of hydrogen-bond donors (Lipinski definition) is 0. The van der Waals surface area contributed by atoms with E-state index in [1.54, 1.807) is 0 Å². The largest absolute Gasteiger partial charge is 8.00 e. The van der Waals surface area contributed by atoms with E-state index in [-0.39, 0.29) is 19.5 Å². The summed E-state index contributed by atoms with van der Waals surface area (Å²) < 4.78 is 11.5. The molecule has 5 heteroatoms. The third-order valence-electron chi connectivity index (χ3n) is 8.74. The maximum absolute atomic E-state index is 5.73. The Bertz CT molecular complexity index is 1970. The Kier molecular flexibility index (Phi) is 14.1. The summed E-state index contributed by atoms with van der Waals surface area (Å²) in [6.45, 7) is 6.54. The van der Waals surface area contributed by atoms with Gasteiger partial charge in [0.25, 0.3) is 0 Å². The van der Waals surface area contributed by atoms with Crippen molar-refractivity contribution in [1.82, 2.24) is 0 Å². The number of rotatable bonds is 9. The summed E-state index contributed by atoms with van der Waals surface area (Å²) in [5.74, 6) is 3.22. The molecule has 0 bridgehead atoms. The Morgan fingerprint density at radius 3 is 0.923 bits per heavy atom. The topological polar surface area (TPSA) is 24.7 Å². The van der Waals surface area contributed by atoms with Gasteiger partial charge >= 0.3 is 19.5 Å². The van der Waals surface area contributed by atoms with Gasteiger partial charge in [-0.05, 0) is 63.9 Å². The van der Waals surface area contributed by atoms with E-state index in [2.05, 4.69) is 221 Å². The third-order valence-corrected chi connectivity index (χ3v) is 16.8. The van der Waals surface area contributed by atoms with Crippen LogP contribution in [-0.4, -0.2) is 0 Å². The summed E-state index contributed by atoms with van der Waals surface area (Å²) in [6.07, 6.45) is 0. The van der Waals surface area contributed by atoms with Crippen LogP contribution in [0.5, 0.6) is 0 Å². The third kappa shape index (κ3) is 9.53. The van der Waals surface area contributed by atoms with Crippen LogP contribution in [0.2, 0.25) is 0 Å². The van der Waals surface area contributed by atoms with Gasteiger partial charge < -0.3 is 0 Å². The Morgan fingerprint density at radius 1 is 0.385 bits per heavy atom. The predicted octanol–water partition coefficient (Wildman–Crippen LogP) is 12.6. The molecular weight excluding hydrogens is 756 g/mol. The fraction of sp³-hybridized carbons (Fsp3) is 0.0851. The van der Waals surface area contributed by atoms with Crippen LogP contribution in [-0.2, 0) is 19.5 Å². The standard InChI is InChI=1S/C37H31N2P2.C10H14.Ru/c1-7-19-32(20-8-1)38-40(34-23-11-3-12-24-34,35-25-13-4-14-26-35)31-41(36-27-15-5-16-28-36,37-29-17-6-18-30-37)39-33-21-9-2-10-22-33;1-8(2)10-6-4-9(3)5-7-10;/h1-31H;4-8H,1-3H3;/q-1;;+8. The van der Waals surface area contributed by atoms with Crippen LogP contribution in [0.15, 0.2) is 216 Å². The molecule has 254 valence electrons. The molecule has 0 aromatic heterocycles. The average molecular weight is 801 g/mol. The minimum atomic E-state index is -2.56. The maximum Gasteiger partial charge on any atom is 8.00 e. The van der Waals surface area contributed by atoms with E-state index in [4.69, 9.17) is 9.49 Å². The van der Waals surface area contributed by atoms with Gasteiger partial charge in [-0.3, -0.25) is 9.49 Å². The quantitative estimate of drug-likeness (QED) is 0.0789. The normalized spacial score (nSPS) is 11.1. The van der Waals surface area contributed by atoms with Gasteiger partial charge in [0.05, 0.1) is 11.4 Å². The van der Waals surface area contributed by atoms with Gasteiger partial charge in [-0.1, -0.05) is 216 Å². The molecule has 0 spiro atoms. The Hall–Kier alpha value is -4.38. The van der Waals surface area contributed by atoms with E-state index in [0.717, 1.165) is 11.4 Å². The molecule has 0 aliphatic heterocycles. The second-order valence-electron chi connectivity index (χ2n) is 12.8. The Morgan fingerprint density at radius 2 is 0.654 bits per heavy atom. The molecule has 0 N–H and O–H groups in total. The molecule has 0 saturated heterocycles. The minimum absolute atomic E-state index is 0. The van der Waals surface area contributed by atoms with Gasteiger partial charge in [-0.2, -0.15) is 0 Å². The number of nitrogens with zero attached hydrogens (tertiary/aromatic N) is 2. The van der Waals surface area contributed by atoms with Gasteiger partial charge in [-0.25, -0.2) is 5.90 Å². The predicted molar refractivity (Wildman–Crippen MR) is 225 cm³/mol. The first kappa shape index (κ1) is 38.8. The number of aryl methyl sites for hydroxylation is 1. The van der Waals surface area contributed by atoms with Crippen molar-refractivity contribution < 1.29 is 19.5 Å². The average Bonchev–Trinajstić information content (AvgIpc) is 3.20. The van der Waals surface area contributed by atoms with Crippen LogP contribution in [0.1, 0.15) is 30.9 Å². The molecule has 0 atom stereocenters. The summed E-state index contributed by atoms with van der Waals surface area (Å²) in [4.78, 5) is 0. The second-order valence-corrected chi connectivity index (χ2v) is 18.9.